The number of amides is 1. The van der Waals surface area contributed by atoms with Crippen LogP contribution in [0.4, 0.5) is 5.13 Å². The first-order valence-electron chi connectivity index (χ1n) is 11.0. The largest absolute Gasteiger partial charge is 0.494 e. The third kappa shape index (κ3) is 4.50. The fraction of sp³-hybridized carbons (Fsp3) is 0.111. The van der Waals surface area contributed by atoms with Gasteiger partial charge in [-0.3, -0.25) is 15.1 Å². The number of anilines is 1. The molecule has 0 saturated carbocycles. The van der Waals surface area contributed by atoms with Crippen LogP contribution in [0.15, 0.2) is 60.9 Å². The number of fused-ring (bicyclic) bond motifs is 1. The lowest BCUT2D eigenvalue weighted by molar-refractivity contribution is 0.102. The average molecular weight is 493 g/mol. The maximum absolute atomic E-state index is 13.4. The smallest absolute Gasteiger partial charge is 0.258 e. The van der Waals surface area contributed by atoms with Crippen LogP contribution in [0.5, 0.6) is 5.75 Å². The maximum atomic E-state index is 13.4. The molecular formula is C27H20N6O2S. The lowest BCUT2D eigenvalue weighted by Gasteiger charge is -2.14. The lowest BCUT2D eigenvalue weighted by atomic mass is 9.96. The molecule has 176 valence electrons. The van der Waals surface area contributed by atoms with Gasteiger partial charge >= 0.3 is 0 Å². The summed E-state index contributed by atoms with van der Waals surface area (Å²) in [5.74, 6) is 0.289. The first-order chi connectivity index (χ1) is 17.4. The number of nitriles is 1. The standard InChI is InChI=1S/C27H20N6O2S/c1-15-4-9-19(20(10-15)21-11-16(2)29-14-23(21)35-3)25(34)33-27-32-24-26(36-27)31-22(13-30-24)18-7-5-17(12-28)6-8-18/h4-11,13-14H,1-3H3,(H,30,32,33,34). The molecule has 5 rings (SSSR count). The highest BCUT2D eigenvalue weighted by molar-refractivity contribution is 7.21. The molecule has 5 aromatic rings. The Bertz CT molecular complexity index is 1650. The van der Waals surface area contributed by atoms with Gasteiger partial charge in [-0.25, -0.2) is 9.97 Å². The molecule has 0 saturated heterocycles. The van der Waals surface area contributed by atoms with Crippen LogP contribution in [0.2, 0.25) is 0 Å². The zero-order valence-electron chi connectivity index (χ0n) is 19.7. The van der Waals surface area contributed by atoms with Crippen molar-refractivity contribution in [3.63, 3.8) is 0 Å². The quantitative estimate of drug-likeness (QED) is 0.341. The highest BCUT2D eigenvalue weighted by Gasteiger charge is 2.19. The SMILES string of the molecule is COc1cnc(C)cc1-c1cc(C)ccc1C(=O)Nc1nc2ncc(-c3ccc(C#N)cc3)nc2s1. The Morgan fingerprint density at radius 3 is 2.56 bits per heavy atom. The number of hydrogen-bond acceptors (Lipinski definition) is 8. The van der Waals surface area contributed by atoms with Gasteiger partial charge < -0.3 is 4.74 Å². The Kier molecular flexibility index (Phi) is 6.10. The molecule has 0 aliphatic rings. The maximum Gasteiger partial charge on any atom is 0.258 e. The topological polar surface area (TPSA) is 114 Å². The summed E-state index contributed by atoms with van der Waals surface area (Å²) in [6, 6.07) is 16.8. The zero-order valence-corrected chi connectivity index (χ0v) is 20.6. The fourth-order valence-corrected chi connectivity index (χ4v) is 4.59. The third-order valence-electron chi connectivity index (χ3n) is 5.59. The minimum atomic E-state index is -0.298. The molecule has 0 fully saturated rings. The van der Waals surface area contributed by atoms with Crippen LogP contribution >= 0.6 is 11.3 Å². The van der Waals surface area contributed by atoms with E-state index < -0.39 is 0 Å². The number of benzene rings is 2. The fourth-order valence-electron chi connectivity index (χ4n) is 3.79. The van der Waals surface area contributed by atoms with Crippen LogP contribution in [-0.4, -0.2) is 33.0 Å². The number of pyridine rings is 1. The van der Waals surface area contributed by atoms with Crippen molar-refractivity contribution >= 4 is 32.9 Å². The normalized spacial score (nSPS) is 10.7. The van der Waals surface area contributed by atoms with Gasteiger partial charge in [-0.1, -0.05) is 41.2 Å². The first-order valence-corrected chi connectivity index (χ1v) is 11.8. The highest BCUT2D eigenvalue weighted by Crippen LogP contribution is 2.34. The molecule has 0 atom stereocenters. The molecule has 0 bridgehead atoms. The Morgan fingerprint density at radius 1 is 1.00 bits per heavy atom. The molecule has 0 radical (unpaired) electrons. The Labute approximate surface area is 211 Å². The van der Waals surface area contributed by atoms with Gasteiger partial charge in [0.25, 0.3) is 5.91 Å². The van der Waals surface area contributed by atoms with Crippen molar-refractivity contribution in [1.82, 2.24) is 19.9 Å². The van der Waals surface area contributed by atoms with Crippen LogP contribution in [0.1, 0.15) is 27.2 Å². The summed E-state index contributed by atoms with van der Waals surface area (Å²) in [5.41, 5.74) is 6.38. The molecule has 0 aliphatic heterocycles. The number of hydrogen-bond donors (Lipinski definition) is 1. The van der Waals surface area contributed by atoms with Gasteiger partial charge in [0.05, 0.1) is 36.8 Å². The van der Waals surface area contributed by atoms with Crippen LogP contribution in [0.25, 0.3) is 32.9 Å². The molecule has 1 N–H and O–H groups in total. The van der Waals surface area contributed by atoms with Crippen molar-refractivity contribution in [2.75, 3.05) is 12.4 Å². The van der Waals surface area contributed by atoms with Gasteiger partial charge in [-0.2, -0.15) is 10.2 Å². The van der Waals surface area contributed by atoms with Gasteiger partial charge in [0, 0.05) is 22.4 Å². The van der Waals surface area contributed by atoms with Gasteiger partial charge in [-0.15, -0.1) is 0 Å². The number of rotatable bonds is 5. The highest BCUT2D eigenvalue weighted by atomic mass is 32.1. The van der Waals surface area contributed by atoms with E-state index in [0.29, 0.717) is 38.2 Å². The molecular weight excluding hydrogens is 472 g/mol. The molecule has 36 heavy (non-hydrogen) atoms. The van der Waals surface area contributed by atoms with E-state index in [4.69, 9.17) is 10.00 Å². The van der Waals surface area contributed by atoms with E-state index >= 15 is 0 Å². The summed E-state index contributed by atoms with van der Waals surface area (Å²) in [5, 5.41) is 12.3. The number of aromatic nitrogens is 4. The van der Waals surface area contributed by atoms with Gasteiger partial charge in [0.15, 0.2) is 15.6 Å². The minimum absolute atomic E-state index is 0.298. The zero-order chi connectivity index (χ0) is 25.2. The molecule has 1 amide bonds. The number of nitrogens with one attached hydrogen (secondary N) is 1. The number of ether oxygens (including phenoxy) is 1. The second-order valence-corrected chi connectivity index (χ2v) is 9.10. The van der Waals surface area contributed by atoms with E-state index in [1.54, 1.807) is 37.7 Å². The van der Waals surface area contributed by atoms with Crippen molar-refractivity contribution in [2.45, 2.75) is 13.8 Å². The van der Waals surface area contributed by atoms with Crippen molar-refractivity contribution in [2.24, 2.45) is 0 Å². The molecule has 0 aliphatic carbocycles. The molecule has 2 aromatic carbocycles. The first kappa shape index (κ1) is 23.1. The summed E-state index contributed by atoms with van der Waals surface area (Å²) in [4.78, 5) is 31.8. The third-order valence-corrected chi connectivity index (χ3v) is 6.44. The van der Waals surface area contributed by atoms with E-state index in [1.807, 2.05) is 44.2 Å². The van der Waals surface area contributed by atoms with Crippen LogP contribution in [0.3, 0.4) is 0 Å². The lowest BCUT2D eigenvalue weighted by Crippen LogP contribution is -2.13. The summed E-state index contributed by atoms with van der Waals surface area (Å²) >= 11 is 1.25. The summed E-state index contributed by atoms with van der Waals surface area (Å²) in [6.07, 6.45) is 3.29. The average Bonchev–Trinajstić information content (AvgIpc) is 3.30. The molecule has 0 unspecified atom stereocenters. The number of thiazole rings is 1. The summed E-state index contributed by atoms with van der Waals surface area (Å²) < 4.78 is 5.51. The van der Waals surface area contributed by atoms with E-state index in [2.05, 4.69) is 31.3 Å². The van der Waals surface area contributed by atoms with Gasteiger partial charge in [0.1, 0.15) is 5.75 Å². The van der Waals surface area contributed by atoms with Crippen LogP contribution < -0.4 is 10.1 Å². The predicted molar refractivity (Wildman–Crippen MR) is 139 cm³/mol. The van der Waals surface area contributed by atoms with Crippen molar-refractivity contribution in [1.29, 1.82) is 5.26 Å². The predicted octanol–water partition coefficient (Wildman–Crippen LogP) is 5.56. The van der Waals surface area contributed by atoms with E-state index in [1.165, 1.54) is 11.3 Å². The number of methoxy groups -OCH3 is 1. The number of aryl methyl sites for hydroxylation is 2. The summed E-state index contributed by atoms with van der Waals surface area (Å²) in [6.45, 7) is 3.87. The van der Waals surface area contributed by atoms with Crippen LogP contribution in [-0.2, 0) is 0 Å². The minimum Gasteiger partial charge on any atom is -0.494 e. The molecule has 0 spiro atoms. The Morgan fingerprint density at radius 2 is 1.81 bits per heavy atom. The Hall–Kier alpha value is -4.68. The van der Waals surface area contributed by atoms with E-state index in [0.717, 1.165) is 27.9 Å². The van der Waals surface area contributed by atoms with Gasteiger partial charge in [0.2, 0.25) is 0 Å². The number of nitrogens with zero attached hydrogens (tertiary/aromatic N) is 5. The molecule has 8 nitrogen and oxygen atoms in total. The number of carbonyl (C=O) groups excluding carboxylic acids is 1. The monoisotopic (exact) mass is 492 g/mol. The van der Waals surface area contributed by atoms with Crippen molar-refractivity contribution in [3.8, 4) is 34.2 Å². The molecule has 3 heterocycles. The van der Waals surface area contributed by atoms with Crippen LogP contribution in [0, 0.1) is 25.2 Å². The molecule has 9 heteroatoms. The van der Waals surface area contributed by atoms with E-state index in [-0.39, 0.29) is 5.91 Å². The van der Waals surface area contributed by atoms with E-state index in [9.17, 15) is 4.79 Å². The Balaban J connectivity index is 1.47. The summed E-state index contributed by atoms with van der Waals surface area (Å²) in [7, 11) is 1.58. The second kappa shape index (κ2) is 9.52. The van der Waals surface area contributed by atoms with Crippen molar-refractivity contribution in [3.05, 3.63) is 83.3 Å². The molecule has 3 aromatic heterocycles. The van der Waals surface area contributed by atoms with Gasteiger partial charge in [-0.05, 0) is 43.7 Å². The van der Waals surface area contributed by atoms with Crippen molar-refractivity contribution < 1.29 is 9.53 Å². The number of carbonyl (C=O) groups is 1. The second-order valence-electron chi connectivity index (χ2n) is 8.12.